The number of halogens is 2. The molecule has 0 atom stereocenters. The van der Waals surface area contributed by atoms with Crippen molar-refractivity contribution < 1.29 is 4.79 Å². The molecule has 0 aromatic heterocycles. The van der Waals surface area contributed by atoms with Gasteiger partial charge >= 0.3 is 0 Å². The molecular weight excluding hydrogens is 345 g/mol. The summed E-state index contributed by atoms with van der Waals surface area (Å²) in [7, 11) is 0. The van der Waals surface area contributed by atoms with Crippen LogP contribution in [0.1, 0.15) is 71.1 Å². The summed E-state index contributed by atoms with van der Waals surface area (Å²) >= 11 is 0. The van der Waals surface area contributed by atoms with E-state index in [1.54, 1.807) is 0 Å². The Morgan fingerprint density at radius 2 is 1.83 bits per heavy atom. The van der Waals surface area contributed by atoms with Crippen LogP contribution in [-0.4, -0.2) is 36.0 Å². The maximum atomic E-state index is 12.2. The number of rotatable bonds is 6. The average molecular weight is 378 g/mol. The molecule has 0 aromatic rings. The van der Waals surface area contributed by atoms with E-state index in [9.17, 15) is 10.1 Å². The maximum absolute atomic E-state index is 12.2. The van der Waals surface area contributed by atoms with Gasteiger partial charge in [-0.3, -0.25) is 4.79 Å². The van der Waals surface area contributed by atoms with Crippen LogP contribution in [0.3, 0.4) is 0 Å². The normalized spacial score (nSPS) is 21.0. The second-order valence-electron chi connectivity index (χ2n) is 7.13. The highest BCUT2D eigenvalue weighted by Crippen LogP contribution is 2.28. The Kier molecular flexibility index (Phi) is 11.7. The van der Waals surface area contributed by atoms with Crippen molar-refractivity contribution in [3.8, 4) is 6.07 Å². The van der Waals surface area contributed by atoms with Gasteiger partial charge in [-0.25, -0.2) is 0 Å². The molecular formula is C18H33Cl2N3O. The minimum absolute atomic E-state index is 0. The highest BCUT2D eigenvalue weighted by molar-refractivity contribution is 5.85. The molecule has 4 nitrogen and oxygen atoms in total. The summed E-state index contributed by atoms with van der Waals surface area (Å²) in [6.45, 7) is 5.12. The first kappa shape index (κ1) is 23.5. The van der Waals surface area contributed by atoms with E-state index in [0.29, 0.717) is 6.42 Å². The standard InChI is InChI=1S/C18H31N3O.2ClH/c1-2-12-21-13-10-18(15-19,11-14-21)20-17(22)9-8-16-6-4-3-5-7-16;;/h16H,2-14H2,1H3,(H,20,22);2*1H. The van der Waals surface area contributed by atoms with E-state index in [0.717, 1.165) is 51.2 Å². The van der Waals surface area contributed by atoms with Crippen LogP contribution in [0.2, 0.25) is 0 Å². The Balaban J connectivity index is 0.00000264. The molecule has 6 heteroatoms. The Labute approximate surface area is 159 Å². The minimum Gasteiger partial charge on any atom is -0.338 e. The van der Waals surface area contributed by atoms with Gasteiger partial charge in [0.05, 0.1) is 6.07 Å². The largest absolute Gasteiger partial charge is 0.338 e. The van der Waals surface area contributed by atoms with E-state index in [1.165, 1.54) is 32.1 Å². The van der Waals surface area contributed by atoms with Crippen molar-refractivity contribution in [1.29, 1.82) is 5.26 Å². The number of nitriles is 1. The number of carbonyl (C=O) groups excluding carboxylic acids is 1. The topological polar surface area (TPSA) is 56.1 Å². The number of nitrogens with one attached hydrogen (secondary N) is 1. The lowest BCUT2D eigenvalue weighted by molar-refractivity contribution is -0.123. The lowest BCUT2D eigenvalue weighted by Gasteiger charge is -2.37. The second kappa shape index (κ2) is 12.0. The van der Waals surface area contributed by atoms with Crippen molar-refractivity contribution >= 4 is 30.7 Å². The van der Waals surface area contributed by atoms with Crippen LogP contribution < -0.4 is 5.32 Å². The second-order valence-corrected chi connectivity index (χ2v) is 7.13. The molecule has 0 unspecified atom stereocenters. The Morgan fingerprint density at radius 1 is 1.21 bits per heavy atom. The van der Waals surface area contributed by atoms with Crippen LogP contribution in [0.5, 0.6) is 0 Å². The van der Waals surface area contributed by atoms with Crippen LogP contribution in [0.4, 0.5) is 0 Å². The Bertz CT molecular complexity index is 398. The molecule has 1 saturated heterocycles. The Hall–Kier alpha value is -0.500. The third-order valence-electron chi connectivity index (χ3n) is 5.35. The molecule has 140 valence electrons. The lowest BCUT2D eigenvalue weighted by Crippen LogP contribution is -2.54. The fourth-order valence-electron chi connectivity index (χ4n) is 3.88. The molecule has 0 radical (unpaired) electrons. The number of piperidine rings is 1. The summed E-state index contributed by atoms with van der Waals surface area (Å²) < 4.78 is 0. The van der Waals surface area contributed by atoms with Crippen LogP contribution in [-0.2, 0) is 4.79 Å². The molecule has 1 N–H and O–H groups in total. The average Bonchev–Trinajstić information content (AvgIpc) is 2.56. The van der Waals surface area contributed by atoms with Gasteiger partial charge in [0, 0.05) is 19.5 Å². The van der Waals surface area contributed by atoms with Crippen LogP contribution in [0.15, 0.2) is 0 Å². The zero-order valence-corrected chi connectivity index (χ0v) is 16.5. The zero-order chi connectivity index (χ0) is 15.8. The van der Waals surface area contributed by atoms with Crippen LogP contribution in [0.25, 0.3) is 0 Å². The highest BCUT2D eigenvalue weighted by atomic mass is 35.5. The molecule has 0 aromatic carbocycles. The fraction of sp³-hybridized carbons (Fsp3) is 0.889. The van der Waals surface area contributed by atoms with Crippen molar-refractivity contribution in [2.45, 2.75) is 76.7 Å². The maximum Gasteiger partial charge on any atom is 0.221 e. The fourth-order valence-corrected chi connectivity index (χ4v) is 3.88. The first-order valence-electron chi connectivity index (χ1n) is 9.12. The smallest absolute Gasteiger partial charge is 0.221 e. The van der Waals surface area contributed by atoms with Crippen molar-refractivity contribution in [2.24, 2.45) is 5.92 Å². The SMILES string of the molecule is CCCN1CCC(C#N)(NC(=O)CCC2CCCCC2)CC1.Cl.Cl. The third-order valence-corrected chi connectivity index (χ3v) is 5.35. The third kappa shape index (κ3) is 7.17. The minimum atomic E-state index is -0.617. The Morgan fingerprint density at radius 3 is 2.38 bits per heavy atom. The van der Waals surface area contributed by atoms with E-state index in [-0.39, 0.29) is 30.7 Å². The first-order valence-corrected chi connectivity index (χ1v) is 9.12. The summed E-state index contributed by atoms with van der Waals surface area (Å²) in [6, 6.07) is 2.39. The molecule has 1 amide bonds. The summed E-state index contributed by atoms with van der Waals surface area (Å²) in [5.74, 6) is 0.806. The van der Waals surface area contributed by atoms with E-state index < -0.39 is 5.54 Å². The van der Waals surface area contributed by atoms with Gasteiger partial charge in [-0.05, 0) is 38.1 Å². The van der Waals surface area contributed by atoms with E-state index >= 15 is 0 Å². The van der Waals surface area contributed by atoms with Gasteiger partial charge in [-0.15, -0.1) is 24.8 Å². The number of hydrogen-bond donors (Lipinski definition) is 1. The van der Waals surface area contributed by atoms with Gasteiger partial charge in [0.1, 0.15) is 5.54 Å². The predicted octanol–water partition coefficient (Wildman–Crippen LogP) is 4.07. The number of likely N-dealkylation sites (tertiary alicyclic amines) is 1. The summed E-state index contributed by atoms with van der Waals surface area (Å²) in [6.07, 6.45) is 10.8. The molecule has 2 aliphatic rings. The number of hydrogen-bond acceptors (Lipinski definition) is 3. The molecule has 0 bridgehead atoms. The van der Waals surface area contributed by atoms with Gasteiger partial charge in [-0.1, -0.05) is 39.0 Å². The first-order chi connectivity index (χ1) is 10.7. The van der Waals surface area contributed by atoms with Gasteiger partial charge in [-0.2, -0.15) is 5.26 Å². The zero-order valence-electron chi connectivity index (χ0n) is 14.9. The van der Waals surface area contributed by atoms with Gasteiger partial charge < -0.3 is 10.2 Å². The van der Waals surface area contributed by atoms with Crippen LogP contribution >= 0.6 is 24.8 Å². The van der Waals surface area contributed by atoms with Crippen molar-refractivity contribution in [2.75, 3.05) is 19.6 Å². The van der Waals surface area contributed by atoms with Gasteiger partial charge in [0.15, 0.2) is 0 Å². The predicted molar refractivity (Wildman–Crippen MR) is 103 cm³/mol. The van der Waals surface area contributed by atoms with Crippen molar-refractivity contribution in [3.63, 3.8) is 0 Å². The molecule has 1 aliphatic carbocycles. The molecule has 2 rings (SSSR count). The summed E-state index contributed by atoms with van der Waals surface area (Å²) in [5.41, 5.74) is -0.617. The van der Waals surface area contributed by atoms with E-state index in [4.69, 9.17) is 0 Å². The lowest BCUT2D eigenvalue weighted by atomic mass is 9.85. The number of carbonyl (C=O) groups is 1. The van der Waals surface area contributed by atoms with Crippen molar-refractivity contribution in [1.82, 2.24) is 10.2 Å². The van der Waals surface area contributed by atoms with Gasteiger partial charge in [0.2, 0.25) is 5.91 Å². The number of nitrogens with zero attached hydrogens (tertiary/aromatic N) is 2. The van der Waals surface area contributed by atoms with Crippen molar-refractivity contribution in [3.05, 3.63) is 0 Å². The molecule has 1 aliphatic heterocycles. The quantitative estimate of drug-likeness (QED) is 0.758. The summed E-state index contributed by atoms with van der Waals surface area (Å²) in [4.78, 5) is 14.6. The van der Waals surface area contributed by atoms with E-state index in [1.807, 2.05) is 0 Å². The van der Waals surface area contributed by atoms with E-state index in [2.05, 4.69) is 23.2 Å². The molecule has 1 saturated carbocycles. The monoisotopic (exact) mass is 377 g/mol. The molecule has 1 heterocycles. The highest BCUT2D eigenvalue weighted by Gasteiger charge is 2.35. The molecule has 0 spiro atoms. The molecule has 24 heavy (non-hydrogen) atoms. The van der Waals surface area contributed by atoms with Crippen LogP contribution in [0, 0.1) is 17.2 Å². The van der Waals surface area contributed by atoms with Gasteiger partial charge in [0.25, 0.3) is 0 Å². The summed E-state index contributed by atoms with van der Waals surface area (Å²) in [5, 5.41) is 12.6. The molecule has 2 fully saturated rings. The number of amides is 1.